The molecular formula is C47H44N4O4. The molecule has 1 aliphatic heterocycles. The molecule has 1 fully saturated rings. The lowest BCUT2D eigenvalue weighted by Crippen LogP contribution is -2.38. The van der Waals surface area contributed by atoms with Crippen LogP contribution in [0, 0.1) is 0 Å². The number of aliphatic hydroxyl groups is 1. The molecule has 1 aliphatic rings. The number of rotatable bonds is 11. The fraction of sp³-hybridized carbons (Fsp3) is 0.213. The van der Waals surface area contributed by atoms with E-state index in [2.05, 4.69) is 107 Å². The van der Waals surface area contributed by atoms with Crippen molar-refractivity contribution in [1.82, 2.24) is 20.2 Å². The molecule has 0 radical (unpaired) electrons. The highest BCUT2D eigenvalue weighted by Gasteiger charge is 2.33. The number of amides is 1. The topological polar surface area (TPSA) is 96.8 Å². The predicted octanol–water partition coefficient (Wildman–Crippen LogP) is 9.11. The van der Waals surface area contributed by atoms with Crippen LogP contribution in [-0.2, 0) is 22.6 Å². The van der Waals surface area contributed by atoms with Crippen molar-refractivity contribution in [2.75, 3.05) is 13.6 Å². The summed E-state index contributed by atoms with van der Waals surface area (Å²) >= 11 is 0. The molecule has 4 atom stereocenters. The van der Waals surface area contributed by atoms with Crippen molar-refractivity contribution in [2.24, 2.45) is 0 Å². The van der Waals surface area contributed by atoms with Crippen LogP contribution in [0.1, 0.15) is 70.1 Å². The molecule has 276 valence electrons. The highest BCUT2D eigenvalue weighted by atomic mass is 16.7. The Balaban J connectivity index is 0.990. The molecular weight excluding hydrogens is 685 g/mol. The van der Waals surface area contributed by atoms with Crippen molar-refractivity contribution < 1.29 is 19.4 Å². The minimum Gasteiger partial charge on any atom is -0.392 e. The molecule has 0 saturated carbocycles. The van der Waals surface area contributed by atoms with Gasteiger partial charge in [0.15, 0.2) is 6.29 Å². The average Bonchev–Trinajstić information content (AvgIpc) is 3.25. The second kappa shape index (κ2) is 16.3. The zero-order valence-electron chi connectivity index (χ0n) is 31.0. The van der Waals surface area contributed by atoms with E-state index in [1.54, 1.807) is 0 Å². The maximum absolute atomic E-state index is 13.1. The Morgan fingerprint density at radius 3 is 2.33 bits per heavy atom. The molecule has 1 saturated heterocycles. The third kappa shape index (κ3) is 8.18. The number of fused-ring (bicyclic) bond motifs is 2. The van der Waals surface area contributed by atoms with Gasteiger partial charge in [0.05, 0.1) is 36.0 Å². The van der Waals surface area contributed by atoms with Gasteiger partial charge in [0.25, 0.3) is 5.91 Å². The number of benzene rings is 6. The van der Waals surface area contributed by atoms with Crippen LogP contribution < -0.4 is 5.32 Å². The first-order valence-electron chi connectivity index (χ1n) is 18.8. The van der Waals surface area contributed by atoms with Crippen molar-refractivity contribution in [3.63, 3.8) is 0 Å². The summed E-state index contributed by atoms with van der Waals surface area (Å²) < 4.78 is 13.4. The molecule has 0 aliphatic carbocycles. The normalized spacial score (nSPS) is 17.7. The molecule has 0 unspecified atom stereocenters. The number of para-hydroxylation sites is 2. The van der Waals surface area contributed by atoms with Crippen LogP contribution in [0.5, 0.6) is 0 Å². The van der Waals surface area contributed by atoms with E-state index in [9.17, 15) is 9.90 Å². The van der Waals surface area contributed by atoms with E-state index in [0.717, 1.165) is 45.4 Å². The van der Waals surface area contributed by atoms with Crippen LogP contribution in [0.2, 0.25) is 0 Å². The van der Waals surface area contributed by atoms with Crippen molar-refractivity contribution in [2.45, 2.75) is 51.0 Å². The minimum absolute atomic E-state index is 0.00138. The first-order valence-corrected chi connectivity index (χ1v) is 18.8. The van der Waals surface area contributed by atoms with Gasteiger partial charge in [0.2, 0.25) is 0 Å². The van der Waals surface area contributed by atoms with Gasteiger partial charge in [-0.25, -0.2) is 4.98 Å². The lowest BCUT2D eigenvalue weighted by Gasteiger charge is -2.39. The lowest BCUT2D eigenvalue weighted by atomic mass is 9.97. The van der Waals surface area contributed by atoms with Gasteiger partial charge in [-0.1, -0.05) is 121 Å². The molecule has 1 amide bonds. The van der Waals surface area contributed by atoms with E-state index in [4.69, 9.17) is 9.47 Å². The van der Waals surface area contributed by atoms with Crippen molar-refractivity contribution in [3.05, 3.63) is 179 Å². The number of carbonyl (C=O) groups excluding carboxylic acids is 1. The Kier molecular flexibility index (Phi) is 10.7. The van der Waals surface area contributed by atoms with E-state index in [1.165, 1.54) is 22.5 Å². The van der Waals surface area contributed by atoms with E-state index in [1.807, 2.05) is 66.7 Å². The summed E-state index contributed by atoms with van der Waals surface area (Å²) in [5.74, 6) is -0.276. The standard InChI is InChI=1S/C47H44N4O4/c1-31(37-24-19-33-9-3-4-10-38(33)25-37)51(2)29-40-26-45(35-17-15-32(30-52)16-18-35)55-47(54-40)36-22-20-34(21-23-36)41-12-6-5-11-39(41)27-49-46(53)44-28-48-42-13-7-8-14-43(42)50-44/h3-25,28,31,40,45,47,52H,26-27,29-30H2,1-2H3,(H,49,53)/t31-,40+,45-,47-/m1/s1. The smallest absolute Gasteiger partial charge is 0.271 e. The number of hydrogen-bond acceptors (Lipinski definition) is 7. The Labute approximate surface area is 321 Å². The molecule has 7 aromatic rings. The predicted molar refractivity (Wildman–Crippen MR) is 216 cm³/mol. The second-order valence-corrected chi connectivity index (χ2v) is 14.3. The number of aliphatic hydroxyl groups excluding tert-OH is 1. The van der Waals surface area contributed by atoms with E-state index in [-0.39, 0.29) is 36.5 Å². The molecule has 8 heteroatoms. The number of carbonyl (C=O) groups is 1. The second-order valence-electron chi connectivity index (χ2n) is 14.3. The number of aromatic nitrogens is 2. The first kappa shape index (κ1) is 36.2. The molecule has 2 N–H and O–H groups in total. The Morgan fingerprint density at radius 2 is 1.53 bits per heavy atom. The zero-order valence-corrected chi connectivity index (χ0v) is 31.0. The molecule has 6 aromatic carbocycles. The molecule has 2 heterocycles. The first-order chi connectivity index (χ1) is 26.9. The van der Waals surface area contributed by atoms with Crippen molar-refractivity contribution in [3.8, 4) is 11.1 Å². The fourth-order valence-corrected chi connectivity index (χ4v) is 7.34. The number of hydrogen-bond donors (Lipinski definition) is 2. The monoisotopic (exact) mass is 728 g/mol. The maximum Gasteiger partial charge on any atom is 0.271 e. The fourth-order valence-electron chi connectivity index (χ4n) is 7.34. The van der Waals surface area contributed by atoms with Crippen LogP contribution in [0.4, 0.5) is 0 Å². The van der Waals surface area contributed by atoms with E-state index in [0.29, 0.717) is 18.5 Å². The molecule has 1 aromatic heterocycles. The lowest BCUT2D eigenvalue weighted by molar-refractivity contribution is -0.253. The number of nitrogens with one attached hydrogen (secondary N) is 1. The van der Waals surface area contributed by atoms with Crippen LogP contribution in [0.25, 0.3) is 32.9 Å². The molecule has 0 spiro atoms. The third-order valence-electron chi connectivity index (χ3n) is 10.7. The molecule has 0 bridgehead atoms. The zero-order chi connectivity index (χ0) is 37.7. The van der Waals surface area contributed by atoms with Gasteiger partial charge >= 0.3 is 0 Å². The van der Waals surface area contributed by atoms with Gasteiger partial charge < -0.3 is 19.9 Å². The summed E-state index contributed by atoms with van der Waals surface area (Å²) in [6, 6.07) is 47.2. The van der Waals surface area contributed by atoms with Crippen LogP contribution in [0.3, 0.4) is 0 Å². The quantitative estimate of drug-likeness (QED) is 0.137. The summed E-state index contributed by atoms with van der Waals surface area (Å²) in [6.07, 6.45) is 1.37. The van der Waals surface area contributed by atoms with Gasteiger partial charge in [-0.2, -0.15) is 0 Å². The summed E-state index contributed by atoms with van der Waals surface area (Å²) in [4.78, 5) is 24.3. The highest BCUT2D eigenvalue weighted by Crippen LogP contribution is 2.39. The maximum atomic E-state index is 13.1. The largest absolute Gasteiger partial charge is 0.392 e. The highest BCUT2D eigenvalue weighted by molar-refractivity contribution is 5.93. The van der Waals surface area contributed by atoms with Gasteiger partial charge in [-0.3, -0.25) is 14.7 Å². The van der Waals surface area contributed by atoms with E-state index < -0.39 is 6.29 Å². The summed E-state index contributed by atoms with van der Waals surface area (Å²) in [6.45, 7) is 3.30. The number of nitrogens with zero attached hydrogens (tertiary/aromatic N) is 3. The van der Waals surface area contributed by atoms with Crippen molar-refractivity contribution in [1.29, 1.82) is 0 Å². The summed E-state index contributed by atoms with van der Waals surface area (Å²) in [7, 11) is 2.16. The molecule has 8 nitrogen and oxygen atoms in total. The Hall–Kier alpha value is -5.77. The van der Waals surface area contributed by atoms with Crippen molar-refractivity contribution >= 4 is 27.7 Å². The SMILES string of the molecule is C[C@H](c1ccc2ccccc2c1)N(C)C[C@@H]1C[C@H](c2ccc(CO)cc2)O[C@H](c2ccc(-c3ccccc3CNC(=O)c3cnc4ccccc4n3)cc2)O1. The number of likely N-dealkylation sites (N-methyl/N-ethyl adjacent to an activating group) is 1. The summed E-state index contributed by atoms with van der Waals surface area (Å²) in [5, 5.41) is 15.2. The summed E-state index contributed by atoms with van der Waals surface area (Å²) in [5.41, 5.74) is 8.85. The van der Waals surface area contributed by atoms with Crippen LogP contribution >= 0.6 is 0 Å². The number of ether oxygens (including phenoxy) is 2. The molecule has 8 rings (SSSR count). The third-order valence-corrected chi connectivity index (χ3v) is 10.7. The Morgan fingerprint density at radius 1 is 0.818 bits per heavy atom. The Bertz CT molecular complexity index is 2420. The van der Waals surface area contributed by atoms with Gasteiger partial charge in [-0.05, 0) is 76.3 Å². The van der Waals surface area contributed by atoms with E-state index >= 15 is 0 Å². The van der Waals surface area contributed by atoms with Crippen LogP contribution in [-0.4, -0.2) is 45.6 Å². The molecule has 55 heavy (non-hydrogen) atoms. The minimum atomic E-state index is -0.572. The van der Waals surface area contributed by atoms with Gasteiger partial charge in [0.1, 0.15) is 5.69 Å². The van der Waals surface area contributed by atoms with Crippen LogP contribution in [0.15, 0.2) is 146 Å². The van der Waals surface area contributed by atoms with Gasteiger partial charge in [0, 0.05) is 31.1 Å². The van der Waals surface area contributed by atoms with Gasteiger partial charge in [-0.15, -0.1) is 0 Å². The average molecular weight is 729 g/mol.